The molecule has 0 radical (unpaired) electrons. The van der Waals surface area contributed by atoms with E-state index in [1.807, 2.05) is 10.7 Å². The number of para-hydroxylation sites is 1. The lowest BCUT2D eigenvalue weighted by Gasteiger charge is -2.17. The van der Waals surface area contributed by atoms with Gasteiger partial charge in [-0.3, -0.25) is 0 Å². The number of fused-ring (bicyclic) bond motifs is 1. The molecule has 166 valence electrons. The first-order valence-electron chi connectivity index (χ1n) is 11.1. The van der Waals surface area contributed by atoms with Gasteiger partial charge in [-0.1, -0.05) is 24.3 Å². The van der Waals surface area contributed by atoms with Gasteiger partial charge >= 0.3 is 0 Å². The van der Waals surface area contributed by atoms with Crippen molar-refractivity contribution in [3.8, 4) is 0 Å². The quantitative estimate of drug-likeness (QED) is 0.522. The summed E-state index contributed by atoms with van der Waals surface area (Å²) in [7, 11) is 0. The predicted molar refractivity (Wildman–Crippen MR) is 130 cm³/mol. The fraction of sp³-hybridized carbons (Fsp3) is 0.320. The van der Waals surface area contributed by atoms with E-state index in [2.05, 4.69) is 90.0 Å². The predicted octanol–water partition coefficient (Wildman–Crippen LogP) is 5.13. The third-order valence-corrected chi connectivity index (χ3v) is 5.56. The fourth-order valence-corrected chi connectivity index (χ4v) is 3.72. The van der Waals surface area contributed by atoms with Crippen molar-refractivity contribution in [1.82, 2.24) is 25.1 Å². The molecule has 0 saturated heterocycles. The molecule has 7 nitrogen and oxygen atoms in total. The normalized spacial score (nSPS) is 12.8. The molecule has 0 bridgehead atoms. The Morgan fingerprint density at radius 1 is 0.969 bits per heavy atom. The highest BCUT2D eigenvalue weighted by Gasteiger charge is 2.09. The Hall–Kier alpha value is -3.45. The van der Waals surface area contributed by atoms with E-state index < -0.39 is 0 Å². The van der Waals surface area contributed by atoms with Crippen LogP contribution in [-0.4, -0.2) is 26.3 Å². The van der Waals surface area contributed by atoms with Crippen LogP contribution in [0.15, 0.2) is 55.0 Å². The SMILES string of the molecule is Cc1cccc(C)c1Nc1ccnc(Nc2ccc3c(c2)CNCC3)ncn(C(C)C)n1. The Morgan fingerprint density at radius 3 is 2.56 bits per heavy atom. The number of nitrogens with one attached hydrogen (secondary N) is 3. The zero-order valence-electron chi connectivity index (χ0n) is 19.2. The highest BCUT2D eigenvalue weighted by Crippen LogP contribution is 2.23. The monoisotopic (exact) mass is 429 g/mol. The summed E-state index contributed by atoms with van der Waals surface area (Å²) in [5, 5.41) is 15.0. The van der Waals surface area contributed by atoms with Crippen LogP contribution in [0.3, 0.4) is 0 Å². The van der Waals surface area contributed by atoms with E-state index in [1.54, 1.807) is 12.5 Å². The number of aryl methyl sites for hydroxylation is 2. The maximum absolute atomic E-state index is 4.77. The van der Waals surface area contributed by atoms with Gasteiger partial charge in [0.05, 0.1) is 0 Å². The summed E-state index contributed by atoms with van der Waals surface area (Å²) < 4.78 is 1.83. The van der Waals surface area contributed by atoms with Crippen LogP contribution in [0.5, 0.6) is 0 Å². The second-order valence-corrected chi connectivity index (χ2v) is 8.40. The molecule has 1 aliphatic rings. The summed E-state index contributed by atoms with van der Waals surface area (Å²) in [5.41, 5.74) is 7.08. The van der Waals surface area contributed by atoms with E-state index in [-0.39, 0.29) is 6.04 Å². The molecule has 0 unspecified atom stereocenters. The van der Waals surface area contributed by atoms with Crippen LogP contribution in [0.1, 0.15) is 42.1 Å². The lowest BCUT2D eigenvalue weighted by Crippen LogP contribution is -2.23. The minimum atomic E-state index is 0.135. The van der Waals surface area contributed by atoms with E-state index in [4.69, 9.17) is 5.10 Å². The zero-order valence-corrected chi connectivity index (χ0v) is 19.2. The molecule has 4 rings (SSSR count). The van der Waals surface area contributed by atoms with Crippen molar-refractivity contribution < 1.29 is 0 Å². The van der Waals surface area contributed by atoms with Gasteiger partial charge in [-0.2, -0.15) is 5.10 Å². The summed E-state index contributed by atoms with van der Waals surface area (Å²) >= 11 is 0. The second-order valence-electron chi connectivity index (χ2n) is 8.40. The molecule has 2 aromatic carbocycles. The molecule has 7 heteroatoms. The van der Waals surface area contributed by atoms with Crippen molar-refractivity contribution in [3.63, 3.8) is 0 Å². The average Bonchev–Trinajstić information content (AvgIpc) is 2.87. The molecule has 3 N–H and O–H groups in total. The third-order valence-electron chi connectivity index (χ3n) is 5.56. The molecule has 0 saturated carbocycles. The molecule has 3 aromatic rings. The summed E-state index contributed by atoms with van der Waals surface area (Å²) in [5.74, 6) is 1.21. The maximum Gasteiger partial charge on any atom is 0.228 e. The molecule has 0 atom stereocenters. The first-order chi connectivity index (χ1) is 15.5. The number of hydrogen-bond donors (Lipinski definition) is 3. The Morgan fingerprint density at radius 2 is 1.78 bits per heavy atom. The Bertz CT molecular complexity index is 1130. The fourth-order valence-electron chi connectivity index (χ4n) is 3.72. The molecule has 0 spiro atoms. The molecule has 32 heavy (non-hydrogen) atoms. The molecule has 1 aliphatic heterocycles. The number of rotatable bonds is 5. The summed E-state index contributed by atoms with van der Waals surface area (Å²) in [4.78, 5) is 9.11. The number of nitrogens with zero attached hydrogens (tertiary/aromatic N) is 4. The number of benzene rings is 2. The number of hydrogen-bond acceptors (Lipinski definition) is 6. The van der Waals surface area contributed by atoms with E-state index in [1.165, 1.54) is 22.3 Å². The highest BCUT2D eigenvalue weighted by atomic mass is 15.3. The van der Waals surface area contributed by atoms with E-state index in [9.17, 15) is 0 Å². The molecule has 0 fully saturated rings. The largest absolute Gasteiger partial charge is 0.338 e. The van der Waals surface area contributed by atoms with Crippen molar-refractivity contribution in [1.29, 1.82) is 0 Å². The van der Waals surface area contributed by atoms with Gasteiger partial charge in [0.15, 0.2) is 5.82 Å². The zero-order chi connectivity index (χ0) is 22.5. The topological polar surface area (TPSA) is 79.7 Å². The van der Waals surface area contributed by atoms with Crippen molar-refractivity contribution >= 4 is 23.1 Å². The van der Waals surface area contributed by atoms with Crippen LogP contribution in [0.25, 0.3) is 0 Å². The Balaban J connectivity index is 1.67. The van der Waals surface area contributed by atoms with Crippen LogP contribution in [0, 0.1) is 13.8 Å². The highest BCUT2D eigenvalue weighted by molar-refractivity contribution is 5.64. The van der Waals surface area contributed by atoms with Crippen molar-refractivity contribution in [2.24, 2.45) is 0 Å². The van der Waals surface area contributed by atoms with Gasteiger partial charge in [0.1, 0.15) is 6.33 Å². The smallest absolute Gasteiger partial charge is 0.228 e. The average molecular weight is 430 g/mol. The lowest BCUT2D eigenvalue weighted by molar-refractivity contribution is 0.518. The molecular weight excluding hydrogens is 398 g/mol. The van der Waals surface area contributed by atoms with Crippen LogP contribution in [-0.2, 0) is 13.0 Å². The first kappa shape index (κ1) is 21.8. The van der Waals surface area contributed by atoms with Crippen LogP contribution in [0.2, 0.25) is 0 Å². The van der Waals surface area contributed by atoms with Gasteiger partial charge in [-0.25, -0.2) is 14.6 Å². The van der Waals surface area contributed by atoms with Crippen molar-refractivity contribution in [2.75, 3.05) is 17.2 Å². The summed E-state index contributed by atoms with van der Waals surface area (Å²) in [6, 6.07) is 14.7. The van der Waals surface area contributed by atoms with Crippen LogP contribution in [0.4, 0.5) is 23.1 Å². The van der Waals surface area contributed by atoms with Gasteiger partial charge in [0, 0.05) is 36.2 Å². The minimum Gasteiger partial charge on any atom is -0.338 e. The van der Waals surface area contributed by atoms with Gasteiger partial charge in [0.2, 0.25) is 5.95 Å². The van der Waals surface area contributed by atoms with Gasteiger partial charge in [0.25, 0.3) is 0 Å². The third kappa shape index (κ3) is 5.23. The maximum atomic E-state index is 4.77. The first-order valence-corrected chi connectivity index (χ1v) is 11.1. The summed E-state index contributed by atoms with van der Waals surface area (Å²) in [6.45, 7) is 10.3. The van der Waals surface area contributed by atoms with Gasteiger partial charge in [-0.05, 0) is 75.0 Å². The van der Waals surface area contributed by atoms with Crippen LogP contribution >= 0.6 is 0 Å². The van der Waals surface area contributed by atoms with Crippen LogP contribution < -0.4 is 16.0 Å². The Kier molecular flexibility index (Phi) is 6.66. The van der Waals surface area contributed by atoms with Gasteiger partial charge in [-0.15, -0.1) is 0 Å². The van der Waals surface area contributed by atoms with Crippen molar-refractivity contribution in [2.45, 2.75) is 46.7 Å². The number of anilines is 4. The van der Waals surface area contributed by atoms with E-state index >= 15 is 0 Å². The molecular formula is C25H31N7. The molecule has 2 heterocycles. The lowest BCUT2D eigenvalue weighted by atomic mass is 10.0. The van der Waals surface area contributed by atoms with E-state index in [0.717, 1.165) is 30.9 Å². The molecule has 1 aromatic heterocycles. The summed E-state index contributed by atoms with van der Waals surface area (Å²) in [6.07, 6.45) is 4.51. The molecule has 0 aliphatic carbocycles. The number of aromatic nitrogens is 4. The second kappa shape index (κ2) is 9.78. The van der Waals surface area contributed by atoms with Crippen molar-refractivity contribution in [3.05, 3.63) is 77.2 Å². The van der Waals surface area contributed by atoms with Gasteiger partial charge < -0.3 is 16.0 Å². The standard InChI is InChI=1S/C25H31N7/c1-17(2)32-16-28-25(29-22-9-8-20-10-12-26-15-21(20)14-22)27-13-11-23(31-32)30-24-18(3)6-5-7-19(24)4/h5-9,11,13-14,16-17,26H,10,12,15H2,1-4H3,(H,27,29)(H,30,31). The minimum absolute atomic E-state index is 0.135. The Labute approximate surface area is 189 Å². The van der Waals surface area contributed by atoms with E-state index in [0.29, 0.717) is 11.8 Å². The molecule has 0 amide bonds.